The largest absolute Gasteiger partial charge is 0.497 e. The van der Waals surface area contributed by atoms with Gasteiger partial charge in [-0.2, -0.15) is 0 Å². The standard InChI is InChI=1S/C23H28N2O4S.C2H6/c1-26-19-3-4-20-16(11-19)5-6-24-15-18-14-22(27-2)23(13-17(18)12-21(20)24)29-30-25-7-9-28-10-8-25;1-2/h3-4,11,13-14,21H,5-10,12,15H2,1-2H3;1-2H3. The molecule has 0 N–H and O–H groups in total. The molecule has 5 rings (SSSR count). The number of benzene rings is 2. The molecule has 0 radical (unpaired) electrons. The minimum absolute atomic E-state index is 0.403. The minimum Gasteiger partial charge on any atom is -0.497 e. The van der Waals surface area contributed by atoms with Gasteiger partial charge in [0.25, 0.3) is 0 Å². The lowest BCUT2D eigenvalue weighted by Crippen LogP contribution is -2.39. The first kappa shape index (κ1) is 23.2. The first-order chi connectivity index (χ1) is 15.7. The highest BCUT2D eigenvalue weighted by Crippen LogP contribution is 2.43. The maximum Gasteiger partial charge on any atom is 0.181 e. The monoisotopic (exact) mass is 458 g/mol. The lowest BCUT2D eigenvalue weighted by Gasteiger charge is -2.41. The molecular formula is C25H34N2O4S. The summed E-state index contributed by atoms with van der Waals surface area (Å²) in [5, 5.41) is 0. The molecule has 3 aliphatic rings. The smallest absolute Gasteiger partial charge is 0.181 e. The van der Waals surface area contributed by atoms with Crippen LogP contribution in [0.15, 0.2) is 30.3 Å². The highest BCUT2D eigenvalue weighted by Gasteiger charge is 2.33. The van der Waals surface area contributed by atoms with Crippen molar-refractivity contribution in [1.29, 1.82) is 0 Å². The Morgan fingerprint density at radius 3 is 2.44 bits per heavy atom. The first-order valence-corrected chi connectivity index (χ1v) is 12.2. The van der Waals surface area contributed by atoms with Crippen LogP contribution in [0.25, 0.3) is 0 Å². The van der Waals surface area contributed by atoms with E-state index in [1.807, 2.05) is 13.8 Å². The molecule has 7 heteroatoms. The van der Waals surface area contributed by atoms with Crippen LogP contribution in [0.5, 0.6) is 17.2 Å². The molecule has 6 nitrogen and oxygen atoms in total. The van der Waals surface area contributed by atoms with E-state index in [4.69, 9.17) is 18.4 Å². The molecule has 32 heavy (non-hydrogen) atoms. The zero-order chi connectivity index (χ0) is 22.5. The fourth-order valence-electron chi connectivity index (χ4n) is 4.64. The van der Waals surface area contributed by atoms with Crippen LogP contribution < -0.4 is 13.7 Å². The van der Waals surface area contributed by atoms with Crippen LogP contribution in [0.4, 0.5) is 0 Å². The third-order valence-electron chi connectivity index (χ3n) is 6.29. The predicted octanol–water partition coefficient (Wildman–Crippen LogP) is 4.66. The van der Waals surface area contributed by atoms with Crippen LogP contribution in [-0.4, -0.2) is 56.3 Å². The Bertz CT molecular complexity index is 917. The summed E-state index contributed by atoms with van der Waals surface area (Å²) in [6.45, 7) is 9.25. The zero-order valence-corrected chi connectivity index (χ0v) is 20.4. The molecule has 2 aromatic rings. The average molecular weight is 459 g/mol. The van der Waals surface area contributed by atoms with Crippen LogP contribution in [0, 0.1) is 0 Å². The molecule has 2 aromatic carbocycles. The quantitative estimate of drug-likeness (QED) is 0.477. The van der Waals surface area contributed by atoms with Gasteiger partial charge in [-0.1, -0.05) is 19.9 Å². The number of rotatable bonds is 5. The Balaban J connectivity index is 0.00000119. The molecule has 1 atom stereocenters. The third-order valence-corrected chi connectivity index (χ3v) is 7.12. The van der Waals surface area contributed by atoms with Crippen LogP contribution in [0.2, 0.25) is 0 Å². The summed E-state index contributed by atoms with van der Waals surface area (Å²) in [4.78, 5) is 2.58. The van der Waals surface area contributed by atoms with Crippen LogP contribution >= 0.6 is 12.2 Å². The number of hydrogen-bond donors (Lipinski definition) is 0. The van der Waals surface area contributed by atoms with Gasteiger partial charge in [-0.15, -0.1) is 0 Å². The highest BCUT2D eigenvalue weighted by molar-refractivity contribution is 7.92. The van der Waals surface area contributed by atoms with Crippen molar-refractivity contribution >= 4 is 12.2 Å². The number of ether oxygens (including phenoxy) is 3. The summed E-state index contributed by atoms with van der Waals surface area (Å²) in [5.41, 5.74) is 5.52. The molecule has 174 valence electrons. The topological polar surface area (TPSA) is 43.4 Å². The summed E-state index contributed by atoms with van der Waals surface area (Å²) in [6, 6.07) is 11.3. The summed E-state index contributed by atoms with van der Waals surface area (Å²) in [7, 11) is 3.45. The number of methoxy groups -OCH3 is 2. The second-order valence-electron chi connectivity index (χ2n) is 7.98. The van der Waals surface area contributed by atoms with Crippen molar-refractivity contribution in [3.8, 4) is 17.2 Å². The third kappa shape index (κ3) is 4.86. The molecule has 0 aromatic heterocycles. The van der Waals surface area contributed by atoms with Gasteiger partial charge in [-0.3, -0.25) is 4.90 Å². The fraction of sp³-hybridized carbons (Fsp3) is 0.520. The summed E-state index contributed by atoms with van der Waals surface area (Å²) in [6.07, 6.45) is 2.05. The lowest BCUT2D eigenvalue weighted by atomic mass is 9.84. The Morgan fingerprint density at radius 2 is 1.69 bits per heavy atom. The van der Waals surface area contributed by atoms with E-state index in [1.54, 1.807) is 14.2 Å². The Kier molecular flexibility index (Phi) is 7.84. The van der Waals surface area contributed by atoms with E-state index in [-0.39, 0.29) is 0 Å². The molecule has 0 amide bonds. The predicted molar refractivity (Wildman–Crippen MR) is 129 cm³/mol. The molecular weight excluding hydrogens is 424 g/mol. The second kappa shape index (κ2) is 10.8. The van der Waals surface area contributed by atoms with Crippen molar-refractivity contribution in [2.24, 2.45) is 0 Å². The molecule has 0 bridgehead atoms. The molecule has 1 fully saturated rings. The van der Waals surface area contributed by atoms with Crippen molar-refractivity contribution in [1.82, 2.24) is 9.21 Å². The van der Waals surface area contributed by atoms with E-state index >= 15 is 0 Å². The van der Waals surface area contributed by atoms with Crippen molar-refractivity contribution in [3.63, 3.8) is 0 Å². The maximum atomic E-state index is 6.10. The van der Waals surface area contributed by atoms with Gasteiger partial charge < -0.3 is 18.4 Å². The highest BCUT2D eigenvalue weighted by atomic mass is 32.2. The summed E-state index contributed by atoms with van der Waals surface area (Å²) < 4.78 is 24.8. The van der Waals surface area contributed by atoms with E-state index in [0.29, 0.717) is 6.04 Å². The Morgan fingerprint density at radius 1 is 0.906 bits per heavy atom. The average Bonchev–Trinajstić information content (AvgIpc) is 2.87. The number of hydrogen-bond acceptors (Lipinski definition) is 7. The number of nitrogens with zero attached hydrogens (tertiary/aromatic N) is 2. The lowest BCUT2D eigenvalue weighted by molar-refractivity contribution is 0.0756. The maximum absolute atomic E-state index is 6.10. The van der Waals surface area contributed by atoms with Gasteiger partial charge in [0, 0.05) is 32.2 Å². The zero-order valence-electron chi connectivity index (χ0n) is 19.6. The van der Waals surface area contributed by atoms with Gasteiger partial charge in [-0.25, -0.2) is 4.31 Å². The molecule has 0 aliphatic carbocycles. The number of fused-ring (bicyclic) bond motifs is 4. The molecule has 1 saturated heterocycles. The Hall–Kier alpha value is -1.93. The van der Waals surface area contributed by atoms with E-state index in [1.165, 1.54) is 34.5 Å². The van der Waals surface area contributed by atoms with Gasteiger partial charge in [-0.05, 0) is 59.4 Å². The fourth-order valence-corrected chi connectivity index (χ4v) is 5.26. The van der Waals surface area contributed by atoms with E-state index in [0.717, 1.165) is 69.5 Å². The van der Waals surface area contributed by atoms with Crippen molar-refractivity contribution in [2.75, 3.05) is 47.1 Å². The first-order valence-electron chi connectivity index (χ1n) is 11.5. The molecule has 0 spiro atoms. The van der Waals surface area contributed by atoms with Crippen LogP contribution in [0.3, 0.4) is 0 Å². The van der Waals surface area contributed by atoms with Crippen molar-refractivity contribution < 1.29 is 18.4 Å². The SMILES string of the molecule is CC.COc1ccc2c(c1)CCN1Cc3cc(OC)c(OSN4CCOCC4)cc3CC21. The van der Waals surface area contributed by atoms with Crippen molar-refractivity contribution in [3.05, 3.63) is 52.6 Å². The van der Waals surface area contributed by atoms with Gasteiger partial charge in [0.15, 0.2) is 11.5 Å². The van der Waals surface area contributed by atoms with Crippen molar-refractivity contribution in [2.45, 2.75) is 39.3 Å². The van der Waals surface area contributed by atoms with Gasteiger partial charge in [0.2, 0.25) is 0 Å². The van der Waals surface area contributed by atoms with Crippen LogP contribution in [0.1, 0.15) is 42.1 Å². The van der Waals surface area contributed by atoms with Gasteiger partial charge in [0.05, 0.1) is 27.4 Å². The van der Waals surface area contributed by atoms with Crippen LogP contribution in [-0.2, 0) is 24.1 Å². The van der Waals surface area contributed by atoms with E-state index < -0.39 is 0 Å². The van der Waals surface area contributed by atoms with E-state index in [2.05, 4.69) is 39.5 Å². The second-order valence-corrected chi connectivity index (χ2v) is 8.81. The summed E-state index contributed by atoms with van der Waals surface area (Å²) >= 11 is 1.40. The molecule has 1 unspecified atom stereocenters. The minimum atomic E-state index is 0.403. The van der Waals surface area contributed by atoms with Gasteiger partial charge >= 0.3 is 0 Å². The van der Waals surface area contributed by atoms with Gasteiger partial charge in [0.1, 0.15) is 18.0 Å². The normalized spacial score (nSPS) is 20.2. The molecule has 3 aliphatic heterocycles. The molecule has 0 saturated carbocycles. The van der Waals surface area contributed by atoms with E-state index in [9.17, 15) is 0 Å². The number of morpholine rings is 1. The Labute approximate surface area is 196 Å². The summed E-state index contributed by atoms with van der Waals surface area (Å²) in [5.74, 6) is 2.54. The molecule has 3 heterocycles.